The molecule has 1 saturated heterocycles. The van der Waals surface area contributed by atoms with Crippen molar-refractivity contribution < 1.29 is 14.2 Å². The van der Waals surface area contributed by atoms with Crippen molar-refractivity contribution in [1.82, 2.24) is 0 Å². The van der Waals surface area contributed by atoms with Crippen LogP contribution in [0.1, 0.15) is 24.5 Å². The first kappa shape index (κ1) is 11.8. The molecule has 0 saturated carbocycles. The Morgan fingerprint density at radius 1 is 1.56 bits per heavy atom. The molecule has 4 heteroatoms. The van der Waals surface area contributed by atoms with Crippen molar-refractivity contribution in [1.29, 1.82) is 0 Å². The highest BCUT2D eigenvalue weighted by Crippen LogP contribution is 2.28. The summed E-state index contributed by atoms with van der Waals surface area (Å²) >= 11 is 5.65. The zero-order valence-corrected chi connectivity index (χ0v) is 9.58. The maximum absolute atomic E-state index is 13.5. The summed E-state index contributed by atoms with van der Waals surface area (Å²) in [7, 11) is 0. The summed E-state index contributed by atoms with van der Waals surface area (Å²) in [6, 6.07) is 4.36. The van der Waals surface area contributed by atoms with E-state index in [0.29, 0.717) is 29.5 Å². The largest absolute Gasteiger partial charge is 0.388 e. The molecule has 1 aromatic rings. The number of rotatable bonds is 3. The molecule has 2 nitrogen and oxygen atoms in total. The van der Waals surface area contributed by atoms with E-state index in [4.69, 9.17) is 16.3 Å². The van der Waals surface area contributed by atoms with Gasteiger partial charge >= 0.3 is 0 Å². The topological polar surface area (TPSA) is 29.5 Å². The van der Waals surface area contributed by atoms with Gasteiger partial charge in [0.15, 0.2) is 0 Å². The van der Waals surface area contributed by atoms with Crippen LogP contribution in [-0.4, -0.2) is 18.3 Å². The third-order valence-corrected chi connectivity index (χ3v) is 3.14. The lowest BCUT2D eigenvalue weighted by atomic mass is 9.96. The molecule has 2 atom stereocenters. The standard InChI is InChI=1S/C12H14ClFO2/c13-9-1-2-10(11(14)6-9)12(15)5-8-3-4-16-7-8/h1-2,6,8,12,15H,3-5,7H2. The number of benzene rings is 1. The zero-order chi connectivity index (χ0) is 11.5. The number of aliphatic hydroxyl groups excluding tert-OH is 1. The quantitative estimate of drug-likeness (QED) is 0.886. The van der Waals surface area contributed by atoms with E-state index in [0.717, 1.165) is 13.0 Å². The average molecular weight is 245 g/mol. The monoisotopic (exact) mass is 244 g/mol. The van der Waals surface area contributed by atoms with Crippen LogP contribution in [0.4, 0.5) is 4.39 Å². The van der Waals surface area contributed by atoms with Gasteiger partial charge in [-0.25, -0.2) is 4.39 Å². The highest BCUT2D eigenvalue weighted by Gasteiger charge is 2.22. The Morgan fingerprint density at radius 2 is 2.38 bits per heavy atom. The van der Waals surface area contributed by atoms with E-state index in [2.05, 4.69) is 0 Å². The van der Waals surface area contributed by atoms with Gasteiger partial charge in [-0.2, -0.15) is 0 Å². The van der Waals surface area contributed by atoms with Gasteiger partial charge < -0.3 is 9.84 Å². The van der Waals surface area contributed by atoms with Crippen LogP contribution in [0.3, 0.4) is 0 Å². The van der Waals surface area contributed by atoms with Crippen LogP contribution in [0, 0.1) is 11.7 Å². The first-order valence-electron chi connectivity index (χ1n) is 5.37. The molecule has 0 aromatic heterocycles. The number of ether oxygens (including phenoxy) is 1. The van der Waals surface area contributed by atoms with Gasteiger partial charge in [-0.05, 0) is 30.9 Å². The first-order chi connectivity index (χ1) is 7.66. The third-order valence-electron chi connectivity index (χ3n) is 2.90. The van der Waals surface area contributed by atoms with Crippen molar-refractivity contribution >= 4 is 11.6 Å². The fourth-order valence-electron chi connectivity index (χ4n) is 1.98. The van der Waals surface area contributed by atoms with Crippen LogP contribution >= 0.6 is 11.6 Å². The second-order valence-corrected chi connectivity index (χ2v) is 4.58. The van der Waals surface area contributed by atoms with Gasteiger partial charge in [0.25, 0.3) is 0 Å². The summed E-state index contributed by atoms with van der Waals surface area (Å²) in [6.45, 7) is 1.40. The molecule has 1 fully saturated rings. The summed E-state index contributed by atoms with van der Waals surface area (Å²) in [4.78, 5) is 0. The van der Waals surface area contributed by atoms with E-state index < -0.39 is 11.9 Å². The highest BCUT2D eigenvalue weighted by molar-refractivity contribution is 6.30. The van der Waals surface area contributed by atoms with E-state index in [-0.39, 0.29) is 0 Å². The summed E-state index contributed by atoms with van der Waals surface area (Å²) in [6.07, 6.45) is 0.703. The second kappa shape index (κ2) is 5.13. The van der Waals surface area contributed by atoms with Crippen LogP contribution in [0.2, 0.25) is 5.02 Å². The third kappa shape index (κ3) is 2.73. The molecule has 1 N–H and O–H groups in total. The van der Waals surface area contributed by atoms with Crippen molar-refractivity contribution in [3.05, 3.63) is 34.6 Å². The van der Waals surface area contributed by atoms with Crippen LogP contribution in [0.25, 0.3) is 0 Å². The molecule has 1 aliphatic rings. The Hall–Kier alpha value is -0.640. The molecular weight excluding hydrogens is 231 g/mol. The summed E-state index contributed by atoms with van der Waals surface area (Å²) in [5.41, 5.74) is 0.316. The Kier molecular flexibility index (Phi) is 3.79. The minimum absolute atomic E-state index is 0.316. The SMILES string of the molecule is OC(CC1CCOC1)c1ccc(Cl)cc1F. The smallest absolute Gasteiger partial charge is 0.130 e. The van der Waals surface area contributed by atoms with Crippen molar-refractivity contribution in [2.24, 2.45) is 5.92 Å². The zero-order valence-electron chi connectivity index (χ0n) is 8.83. The predicted molar refractivity (Wildman–Crippen MR) is 59.9 cm³/mol. The van der Waals surface area contributed by atoms with Crippen LogP contribution in [-0.2, 0) is 4.74 Å². The minimum Gasteiger partial charge on any atom is -0.388 e. The summed E-state index contributed by atoms with van der Waals surface area (Å²) in [5.74, 6) is -0.121. The fraction of sp³-hybridized carbons (Fsp3) is 0.500. The fourth-order valence-corrected chi connectivity index (χ4v) is 2.14. The Balaban J connectivity index is 2.04. The van der Waals surface area contributed by atoms with E-state index in [1.165, 1.54) is 12.1 Å². The van der Waals surface area contributed by atoms with Gasteiger partial charge in [0.2, 0.25) is 0 Å². The van der Waals surface area contributed by atoms with Crippen LogP contribution in [0.5, 0.6) is 0 Å². The highest BCUT2D eigenvalue weighted by atomic mass is 35.5. The van der Waals surface area contributed by atoms with Crippen LogP contribution < -0.4 is 0 Å². The molecule has 0 radical (unpaired) electrons. The predicted octanol–water partition coefficient (Wildman–Crippen LogP) is 2.94. The van der Waals surface area contributed by atoms with E-state index in [1.807, 2.05) is 0 Å². The van der Waals surface area contributed by atoms with E-state index >= 15 is 0 Å². The van der Waals surface area contributed by atoms with E-state index in [1.54, 1.807) is 6.07 Å². The number of hydrogen-bond donors (Lipinski definition) is 1. The number of halogens is 2. The van der Waals surface area contributed by atoms with Gasteiger partial charge in [-0.1, -0.05) is 17.7 Å². The molecule has 1 aliphatic heterocycles. The minimum atomic E-state index is -0.774. The lowest BCUT2D eigenvalue weighted by molar-refractivity contribution is 0.126. The van der Waals surface area contributed by atoms with E-state index in [9.17, 15) is 9.50 Å². The molecule has 0 bridgehead atoms. The van der Waals surface area contributed by atoms with Gasteiger partial charge in [0, 0.05) is 23.8 Å². The van der Waals surface area contributed by atoms with Gasteiger partial charge in [-0.15, -0.1) is 0 Å². The molecule has 0 amide bonds. The lowest BCUT2D eigenvalue weighted by Crippen LogP contribution is -2.08. The van der Waals surface area contributed by atoms with Crippen molar-refractivity contribution in [2.75, 3.05) is 13.2 Å². The molecule has 2 rings (SSSR count). The van der Waals surface area contributed by atoms with Crippen LogP contribution in [0.15, 0.2) is 18.2 Å². The second-order valence-electron chi connectivity index (χ2n) is 4.15. The number of hydrogen-bond acceptors (Lipinski definition) is 2. The molecule has 88 valence electrons. The van der Waals surface area contributed by atoms with Crippen molar-refractivity contribution in [3.63, 3.8) is 0 Å². The maximum atomic E-state index is 13.5. The van der Waals surface area contributed by atoms with Gasteiger partial charge in [-0.3, -0.25) is 0 Å². The molecule has 1 aromatic carbocycles. The molecular formula is C12H14ClFO2. The normalized spacial score (nSPS) is 22.3. The first-order valence-corrected chi connectivity index (χ1v) is 5.75. The molecule has 1 heterocycles. The molecule has 0 spiro atoms. The molecule has 2 unspecified atom stereocenters. The molecule has 16 heavy (non-hydrogen) atoms. The van der Waals surface area contributed by atoms with Gasteiger partial charge in [0.1, 0.15) is 5.82 Å². The Bertz CT molecular complexity index is 364. The summed E-state index contributed by atoms with van der Waals surface area (Å²) in [5, 5.41) is 10.3. The Labute approximate surface area is 99.0 Å². The maximum Gasteiger partial charge on any atom is 0.130 e. The Morgan fingerprint density at radius 3 is 3.00 bits per heavy atom. The summed E-state index contributed by atoms with van der Waals surface area (Å²) < 4.78 is 18.7. The lowest BCUT2D eigenvalue weighted by Gasteiger charge is -2.15. The number of aliphatic hydroxyl groups is 1. The van der Waals surface area contributed by atoms with Gasteiger partial charge in [0.05, 0.1) is 6.10 Å². The van der Waals surface area contributed by atoms with Crippen molar-refractivity contribution in [3.8, 4) is 0 Å². The average Bonchev–Trinajstić information content (AvgIpc) is 2.70. The molecule has 0 aliphatic carbocycles. The van der Waals surface area contributed by atoms with Crippen molar-refractivity contribution in [2.45, 2.75) is 18.9 Å².